The van der Waals surface area contributed by atoms with Crippen molar-refractivity contribution in [2.24, 2.45) is 0 Å². The lowest BCUT2D eigenvalue weighted by atomic mass is 9.78. The molecule has 0 amide bonds. The van der Waals surface area contributed by atoms with Gasteiger partial charge in [-0.15, -0.1) is 0 Å². The van der Waals surface area contributed by atoms with Gasteiger partial charge in [0.2, 0.25) is 0 Å². The Bertz CT molecular complexity index is 4760. The first-order valence-electron chi connectivity index (χ1n) is 24.5. The predicted octanol–water partition coefficient (Wildman–Crippen LogP) is 19.9. The highest BCUT2D eigenvalue weighted by atomic mass is 14.3. The normalized spacial score (nSPS) is 12.3. The molecule has 16 aromatic carbocycles. The van der Waals surface area contributed by atoms with Crippen molar-refractivity contribution in [3.8, 4) is 55.6 Å². The van der Waals surface area contributed by atoms with E-state index >= 15 is 0 Å². The first-order chi connectivity index (χ1) is 34.8. The molecule has 16 aromatic rings. The van der Waals surface area contributed by atoms with Crippen LogP contribution in [0.2, 0.25) is 0 Å². The second-order valence-corrected chi connectivity index (χ2v) is 19.2. The van der Waals surface area contributed by atoms with Crippen LogP contribution in [0.4, 0.5) is 0 Å². The first-order valence-corrected chi connectivity index (χ1v) is 24.5. The monoisotopic (exact) mass is 880 g/mol. The summed E-state index contributed by atoms with van der Waals surface area (Å²) in [6.07, 6.45) is 0. The summed E-state index contributed by atoms with van der Waals surface area (Å²) in [7, 11) is 0. The van der Waals surface area contributed by atoms with Gasteiger partial charge in [-0.2, -0.15) is 0 Å². The van der Waals surface area contributed by atoms with Gasteiger partial charge in [0.05, 0.1) is 0 Å². The van der Waals surface area contributed by atoms with E-state index in [1.54, 1.807) is 0 Å². The van der Waals surface area contributed by atoms with E-state index in [1.165, 1.54) is 163 Å². The van der Waals surface area contributed by atoms with Crippen LogP contribution < -0.4 is 0 Å². The minimum atomic E-state index is 1.22. The van der Waals surface area contributed by atoms with Gasteiger partial charge in [0.1, 0.15) is 0 Å². The molecule has 0 fully saturated rings. The molecule has 0 bridgehead atoms. The Labute approximate surface area is 403 Å². The molecule has 0 N–H and O–H groups in total. The molecule has 0 aromatic heterocycles. The molecule has 0 aliphatic rings. The van der Waals surface area contributed by atoms with E-state index in [4.69, 9.17) is 0 Å². The van der Waals surface area contributed by atoms with Crippen molar-refractivity contribution in [2.75, 3.05) is 0 Å². The molecule has 320 valence electrons. The summed E-state index contributed by atoms with van der Waals surface area (Å²) < 4.78 is 0. The fourth-order valence-electron chi connectivity index (χ4n) is 13.2. The second-order valence-electron chi connectivity index (χ2n) is 19.2. The fraction of sp³-hybridized carbons (Fsp3) is 0. The molecule has 0 aliphatic heterocycles. The van der Waals surface area contributed by atoms with Crippen molar-refractivity contribution in [2.45, 2.75) is 0 Å². The standard InChI is InChI=1S/C70H40/c1-5-19-41(20-6-1)46-29-13-14-30-48(46)49-38-40-57-62-51(49)32-18-36-55(62)67-65-53-34-16-28-43-27-15-33-52(58(43)53)63(65)59(44-23-9-3-10-24-44)69-60(45-25-11-4-12-26-45)64-56-39-37-47(42-21-7-2-8-22-42)50-31-17-35-54(61(50)56)66(64)68(57)70(67)69/h1-40H. The smallest absolute Gasteiger partial charge is 0.0000476 e. The Balaban J connectivity index is 1.24. The third kappa shape index (κ3) is 4.94. The number of rotatable bonds is 5. The molecule has 0 saturated heterocycles. The van der Waals surface area contributed by atoms with Crippen LogP contribution in [0.1, 0.15) is 0 Å². The molecule has 0 nitrogen and oxygen atoms in total. The summed E-state index contributed by atoms with van der Waals surface area (Å²) in [4.78, 5) is 0. The van der Waals surface area contributed by atoms with Crippen molar-refractivity contribution in [3.05, 3.63) is 243 Å². The van der Waals surface area contributed by atoms with E-state index in [2.05, 4.69) is 243 Å². The Morgan fingerprint density at radius 2 is 0.500 bits per heavy atom. The van der Waals surface area contributed by atoms with E-state index in [9.17, 15) is 0 Å². The maximum Gasteiger partial charge on any atom is -0.0000476 e. The zero-order valence-electron chi connectivity index (χ0n) is 38.1. The van der Waals surface area contributed by atoms with Gasteiger partial charge in [-0.25, -0.2) is 0 Å². The van der Waals surface area contributed by atoms with Crippen molar-refractivity contribution < 1.29 is 0 Å². The third-order valence-electron chi connectivity index (χ3n) is 15.9. The summed E-state index contributed by atoms with van der Waals surface area (Å²) in [5, 5.41) is 26.3. The number of hydrogen-bond acceptors (Lipinski definition) is 0. The molecule has 0 spiro atoms. The van der Waals surface area contributed by atoms with Gasteiger partial charge in [0.25, 0.3) is 0 Å². The average molecular weight is 881 g/mol. The molecule has 0 unspecified atom stereocenters. The van der Waals surface area contributed by atoms with Crippen LogP contribution in [0.5, 0.6) is 0 Å². The Hall–Kier alpha value is -9.10. The molecular formula is C70H40. The van der Waals surface area contributed by atoms with E-state index in [-0.39, 0.29) is 0 Å². The third-order valence-corrected chi connectivity index (χ3v) is 15.9. The maximum atomic E-state index is 2.48. The van der Waals surface area contributed by atoms with Crippen LogP contribution in [0.25, 0.3) is 163 Å². The summed E-state index contributed by atoms with van der Waals surface area (Å²) in [6, 6.07) is 91.2. The zero-order valence-corrected chi connectivity index (χ0v) is 38.1. The maximum absolute atomic E-state index is 2.48. The van der Waals surface area contributed by atoms with Gasteiger partial charge in [0, 0.05) is 0 Å². The van der Waals surface area contributed by atoms with Crippen molar-refractivity contribution >= 4 is 108 Å². The summed E-state index contributed by atoms with van der Waals surface area (Å²) in [5.74, 6) is 0. The highest BCUT2D eigenvalue weighted by Crippen LogP contribution is 2.60. The summed E-state index contributed by atoms with van der Waals surface area (Å²) in [6.45, 7) is 0. The van der Waals surface area contributed by atoms with Crippen molar-refractivity contribution in [1.82, 2.24) is 0 Å². The topological polar surface area (TPSA) is 0 Å². The largest absolute Gasteiger partial charge is 0.0622 e. The predicted molar refractivity (Wildman–Crippen MR) is 302 cm³/mol. The van der Waals surface area contributed by atoms with Crippen LogP contribution in [-0.4, -0.2) is 0 Å². The number of hydrogen-bond donors (Lipinski definition) is 0. The van der Waals surface area contributed by atoms with Gasteiger partial charge in [-0.1, -0.05) is 243 Å². The van der Waals surface area contributed by atoms with E-state index < -0.39 is 0 Å². The van der Waals surface area contributed by atoms with Crippen LogP contribution in [0.3, 0.4) is 0 Å². The molecule has 70 heavy (non-hydrogen) atoms. The van der Waals surface area contributed by atoms with Gasteiger partial charge in [-0.3, -0.25) is 0 Å². The molecule has 0 heteroatoms. The Morgan fingerprint density at radius 3 is 1.04 bits per heavy atom. The average Bonchev–Trinajstić information content (AvgIpc) is 3.95. The van der Waals surface area contributed by atoms with Crippen LogP contribution >= 0.6 is 0 Å². The highest BCUT2D eigenvalue weighted by molar-refractivity contribution is 6.55. The Morgan fingerprint density at radius 1 is 0.143 bits per heavy atom. The van der Waals surface area contributed by atoms with E-state index in [0.717, 1.165) is 0 Å². The van der Waals surface area contributed by atoms with E-state index in [0.29, 0.717) is 0 Å². The minimum Gasteiger partial charge on any atom is -0.0622 e. The van der Waals surface area contributed by atoms with Crippen LogP contribution in [0.15, 0.2) is 243 Å². The molecular weight excluding hydrogens is 841 g/mol. The molecule has 16 rings (SSSR count). The lowest BCUT2D eigenvalue weighted by Gasteiger charge is -2.24. The lowest BCUT2D eigenvalue weighted by molar-refractivity contribution is 1.60. The minimum absolute atomic E-state index is 1.22. The lowest BCUT2D eigenvalue weighted by Crippen LogP contribution is -1.96. The highest BCUT2D eigenvalue weighted by Gasteiger charge is 2.31. The number of fused-ring (bicyclic) bond motifs is 10. The van der Waals surface area contributed by atoms with Gasteiger partial charge < -0.3 is 0 Å². The molecule has 0 radical (unpaired) electrons. The molecule has 0 saturated carbocycles. The summed E-state index contributed by atoms with van der Waals surface area (Å²) >= 11 is 0. The van der Waals surface area contributed by atoms with Gasteiger partial charge in [-0.05, 0) is 163 Å². The van der Waals surface area contributed by atoms with Crippen LogP contribution in [0, 0.1) is 0 Å². The first kappa shape index (κ1) is 37.9. The number of benzene rings is 14. The fourth-order valence-corrected chi connectivity index (χ4v) is 13.2. The van der Waals surface area contributed by atoms with Crippen molar-refractivity contribution in [3.63, 3.8) is 0 Å². The quantitative estimate of drug-likeness (QED) is 0.119. The Kier molecular flexibility index (Phi) is 7.70. The second kappa shape index (κ2) is 14.2. The zero-order chi connectivity index (χ0) is 45.6. The van der Waals surface area contributed by atoms with Gasteiger partial charge >= 0.3 is 0 Å². The van der Waals surface area contributed by atoms with Crippen molar-refractivity contribution in [1.29, 1.82) is 0 Å². The summed E-state index contributed by atoms with van der Waals surface area (Å²) in [5.41, 5.74) is 12.5. The molecule has 0 aliphatic carbocycles. The SMILES string of the molecule is c1ccc(-c2ccccc2-c2ccc3c4c2cccc4c2c4c5cccc6cccc(c4c(-c4ccccc4)c4c(-c7ccccc7)c7c8ccc(-c9ccccc9)c9cccc(c98)c7c3c42)c65)cc1. The van der Waals surface area contributed by atoms with Crippen LogP contribution in [-0.2, 0) is 0 Å². The van der Waals surface area contributed by atoms with Gasteiger partial charge in [0.15, 0.2) is 0 Å². The molecule has 0 heterocycles. The van der Waals surface area contributed by atoms with E-state index in [1.807, 2.05) is 0 Å². The molecule has 0 atom stereocenters.